The zero-order chi connectivity index (χ0) is 11.5. The molecule has 0 unspecified atom stereocenters. The van der Waals surface area contributed by atoms with Crippen molar-refractivity contribution in [1.82, 2.24) is 0 Å². The molecule has 1 N–H and O–H groups in total. The molecule has 0 bridgehead atoms. The van der Waals surface area contributed by atoms with Gasteiger partial charge in [-0.15, -0.1) is 0 Å². The van der Waals surface area contributed by atoms with E-state index in [0.29, 0.717) is 12.8 Å². The van der Waals surface area contributed by atoms with E-state index in [-0.39, 0.29) is 11.7 Å². The van der Waals surface area contributed by atoms with Crippen molar-refractivity contribution in [3.05, 3.63) is 29.3 Å². The van der Waals surface area contributed by atoms with Gasteiger partial charge < -0.3 is 5.32 Å². The van der Waals surface area contributed by atoms with Crippen LogP contribution in [-0.4, -0.2) is 11.7 Å². The average Bonchev–Trinajstić information content (AvgIpc) is 2.28. The lowest BCUT2D eigenvalue weighted by atomic mass is 9.97. The van der Waals surface area contributed by atoms with E-state index in [4.69, 9.17) is 0 Å². The summed E-state index contributed by atoms with van der Waals surface area (Å²) in [5, 5.41) is 2.81. The summed E-state index contributed by atoms with van der Waals surface area (Å²) in [6, 6.07) is 5.53. The van der Waals surface area contributed by atoms with E-state index in [1.807, 2.05) is 19.1 Å². The second kappa shape index (κ2) is 4.47. The third-order valence-electron chi connectivity index (χ3n) is 2.80. The number of carbonyl (C=O) groups is 2. The number of aryl methyl sites for hydroxylation is 1. The number of hydrogen-bond acceptors (Lipinski definition) is 2. The van der Waals surface area contributed by atoms with Gasteiger partial charge in [-0.25, -0.2) is 0 Å². The zero-order valence-corrected chi connectivity index (χ0v) is 9.38. The van der Waals surface area contributed by atoms with Crippen LogP contribution in [0, 0.1) is 0 Å². The molecular formula is C13H15NO2. The second-order valence-electron chi connectivity index (χ2n) is 4.09. The topological polar surface area (TPSA) is 46.2 Å². The van der Waals surface area contributed by atoms with E-state index in [1.54, 1.807) is 6.07 Å². The first-order valence-electron chi connectivity index (χ1n) is 5.66. The van der Waals surface area contributed by atoms with Crippen molar-refractivity contribution in [2.24, 2.45) is 0 Å². The summed E-state index contributed by atoms with van der Waals surface area (Å²) < 4.78 is 0. The number of ketones is 1. The van der Waals surface area contributed by atoms with E-state index in [2.05, 4.69) is 5.32 Å². The van der Waals surface area contributed by atoms with Crippen molar-refractivity contribution >= 4 is 17.4 Å². The van der Waals surface area contributed by atoms with Crippen LogP contribution < -0.4 is 5.32 Å². The predicted molar refractivity (Wildman–Crippen MR) is 62.6 cm³/mol. The highest BCUT2D eigenvalue weighted by atomic mass is 16.1. The van der Waals surface area contributed by atoms with Gasteiger partial charge in [-0.2, -0.15) is 0 Å². The lowest BCUT2D eigenvalue weighted by molar-refractivity contribution is -0.116. The Bertz CT molecular complexity index is 438. The van der Waals surface area contributed by atoms with Gasteiger partial charge in [0.15, 0.2) is 5.78 Å². The Hall–Kier alpha value is -1.64. The number of amides is 1. The monoisotopic (exact) mass is 217 g/mol. The highest BCUT2D eigenvalue weighted by molar-refractivity contribution is 5.98. The molecule has 1 amide bonds. The SMILES string of the molecule is CCCC(=O)c1ccc2c(c1)CCC(=O)N2. The number of carbonyl (C=O) groups excluding carboxylic acids is 2. The molecule has 16 heavy (non-hydrogen) atoms. The molecule has 1 aromatic rings. The highest BCUT2D eigenvalue weighted by Gasteiger charge is 2.16. The van der Waals surface area contributed by atoms with Gasteiger partial charge in [0.05, 0.1) is 0 Å². The molecule has 0 fully saturated rings. The molecule has 3 heteroatoms. The zero-order valence-electron chi connectivity index (χ0n) is 9.38. The van der Waals surface area contributed by atoms with Gasteiger partial charge in [0, 0.05) is 24.1 Å². The summed E-state index contributed by atoms with van der Waals surface area (Å²) in [4.78, 5) is 22.9. The second-order valence-corrected chi connectivity index (χ2v) is 4.09. The standard InChI is InChI=1S/C13H15NO2/c1-2-3-12(15)10-4-6-11-9(8-10)5-7-13(16)14-11/h4,6,8H,2-3,5,7H2,1H3,(H,14,16). The van der Waals surface area contributed by atoms with Crippen LogP contribution >= 0.6 is 0 Å². The van der Waals surface area contributed by atoms with Gasteiger partial charge in [-0.3, -0.25) is 9.59 Å². The first-order chi connectivity index (χ1) is 7.70. The fourth-order valence-corrected chi connectivity index (χ4v) is 1.93. The summed E-state index contributed by atoms with van der Waals surface area (Å²) in [6.45, 7) is 2.00. The third kappa shape index (κ3) is 2.13. The van der Waals surface area contributed by atoms with E-state index < -0.39 is 0 Å². The fourth-order valence-electron chi connectivity index (χ4n) is 1.93. The van der Waals surface area contributed by atoms with Crippen LogP contribution in [0.5, 0.6) is 0 Å². The highest BCUT2D eigenvalue weighted by Crippen LogP contribution is 2.24. The molecule has 3 nitrogen and oxygen atoms in total. The Morgan fingerprint density at radius 3 is 2.94 bits per heavy atom. The third-order valence-corrected chi connectivity index (χ3v) is 2.80. The van der Waals surface area contributed by atoms with Crippen LogP contribution in [0.25, 0.3) is 0 Å². The quantitative estimate of drug-likeness (QED) is 0.791. The Balaban J connectivity index is 2.26. The van der Waals surface area contributed by atoms with E-state index >= 15 is 0 Å². The molecule has 1 aliphatic heterocycles. The molecule has 84 valence electrons. The summed E-state index contributed by atoms with van der Waals surface area (Å²) in [5.74, 6) is 0.238. The Kier molecular flexibility index (Phi) is 3.04. The minimum absolute atomic E-state index is 0.0557. The molecule has 0 saturated carbocycles. The maximum atomic E-state index is 11.7. The molecule has 0 atom stereocenters. The normalized spacial score (nSPS) is 14.2. The molecule has 2 rings (SSSR count). The maximum absolute atomic E-state index is 11.7. The number of rotatable bonds is 3. The van der Waals surface area contributed by atoms with Gasteiger partial charge in [0.1, 0.15) is 0 Å². The fraction of sp³-hybridized carbons (Fsp3) is 0.385. The van der Waals surface area contributed by atoms with Crippen LogP contribution in [0.15, 0.2) is 18.2 Å². The number of nitrogens with one attached hydrogen (secondary N) is 1. The lowest BCUT2D eigenvalue weighted by Crippen LogP contribution is -2.19. The van der Waals surface area contributed by atoms with Crippen molar-refractivity contribution in [2.45, 2.75) is 32.6 Å². The summed E-state index contributed by atoms with van der Waals surface area (Å²) in [5.41, 5.74) is 2.68. The number of benzene rings is 1. The van der Waals surface area contributed by atoms with Crippen LogP contribution in [0.4, 0.5) is 5.69 Å². The van der Waals surface area contributed by atoms with Crippen molar-refractivity contribution < 1.29 is 9.59 Å². The van der Waals surface area contributed by atoms with E-state index in [1.165, 1.54) is 0 Å². The van der Waals surface area contributed by atoms with Gasteiger partial charge in [-0.1, -0.05) is 6.92 Å². The van der Waals surface area contributed by atoms with Gasteiger partial charge in [0.25, 0.3) is 0 Å². The Morgan fingerprint density at radius 1 is 1.38 bits per heavy atom. The average molecular weight is 217 g/mol. The Morgan fingerprint density at radius 2 is 2.19 bits per heavy atom. The molecule has 0 spiro atoms. The molecule has 1 aliphatic rings. The van der Waals surface area contributed by atoms with Crippen LogP contribution in [-0.2, 0) is 11.2 Å². The van der Waals surface area contributed by atoms with Gasteiger partial charge in [0.2, 0.25) is 5.91 Å². The molecule has 0 aromatic heterocycles. The molecule has 1 heterocycles. The number of fused-ring (bicyclic) bond motifs is 1. The van der Waals surface area contributed by atoms with E-state index in [0.717, 1.165) is 29.7 Å². The van der Waals surface area contributed by atoms with Gasteiger partial charge >= 0.3 is 0 Å². The maximum Gasteiger partial charge on any atom is 0.224 e. The van der Waals surface area contributed by atoms with Crippen LogP contribution in [0.1, 0.15) is 42.1 Å². The number of Topliss-reactive ketones (excluding diaryl/α,β-unsaturated/α-hetero) is 1. The largest absolute Gasteiger partial charge is 0.326 e. The van der Waals surface area contributed by atoms with Crippen molar-refractivity contribution in [2.75, 3.05) is 5.32 Å². The van der Waals surface area contributed by atoms with Crippen molar-refractivity contribution in [3.63, 3.8) is 0 Å². The van der Waals surface area contributed by atoms with Crippen molar-refractivity contribution in [1.29, 1.82) is 0 Å². The van der Waals surface area contributed by atoms with Crippen LogP contribution in [0.2, 0.25) is 0 Å². The first-order valence-corrected chi connectivity index (χ1v) is 5.66. The molecule has 0 saturated heterocycles. The molecular weight excluding hydrogens is 202 g/mol. The van der Waals surface area contributed by atoms with Gasteiger partial charge in [-0.05, 0) is 36.6 Å². The minimum atomic E-state index is 0.0557. The summed E-state index contributed by atoms with van der Waals surface area (Å²) >= 11 is 0. The molecule has 0 aliphatic carbocycles. The summed E-state index contributed by atoms with van der Waals surface area (Å²) in [6.07, 6.45) is 2.70. The number of hydrogen-bond donors (Lipinski definition) is 1. The minimum Gasteiger partial charge on any atom is -0.326 e. The Labute approximate surface area is 94.9 Å². The number of anilines is 1. The predicted octanol–water partition coefficient (Wildman–Crippen LogP) is 2.55. The van der Waals surface area contributed by atoms with Crippen LogP contribution in [0.3, 0.4) is 0 Å². The molecule has 1 aromatic carbocycles. The molecule has 0 radical (unpaired) electrons. The smallest absolute Gasteiger partial charge is 0.224 e. The van der Waals surface area contributed by atoms with E-state index in [9.17, 15) is 9.59 Å². The van der Waals surface area contributed by atoms with Crippen molar-refractivity contribution in [3.8, 4) is 0 Å². The first kappa shape index (κ1) is 10.9. The summed E-state index contributed by atoms with van der Waals surface area (Å²) in [7, 11) is 0. The lowest BCUT2D eigenvalue weighted by Gasteiger charge is -2.17.